The first-order valence-corrected chi connectivity index (χ1v) is 8.77. The van der Waals surface area contributed by atoms with Gasteiger partial charge in [-0.25, -0.2) is 13.1 Å². The minimum Gasteiger partial charge on any atom is -0.377 e. The summed E-state index contributed by atoms with van der Waals surface area (Å²) in [5.41, 5.74) is 1.45. The van der Waals surface area contributed by atoms with Crippen molar-refractivity contribution in [2.75, 3.05) is 13.2 Å². The monoisotopic (exact) mass is 316 g/mol. The fourth-order valence-electron chi connectivity index (χ4n) is 2.24. The fraction of sp³-hybridized carbons (Fsp3) is 0.769. The van der Waals surface area contributed by atoms with Gasteiger partial charge < -0.3 is 10.1 Å². The van der Waals surface area contributed by atoms with Gasteiger partial charge in [-0.05, 0) is 19.8 Å². The zero-order valence-electron chi connectivity index (χ0n) is 12.8. The zero-order valence-corrected chi connectivity index (χ0v) is 13.6. The van der Waals surface area contributed by atoms with Crippen molar-refractivity contribution in [2.24, 2.45) is 0 Å². The predicted octanol–water partition coefficient (Wildman–Crippen LogP) is 0.673. The number of H-pyrrole nitrogens is 1. The van der Waals surface area contributed by atoms with Crippen molar-refractivity contribution in [1.29, 1.82) is 0 Å². The molecule has 0 spiro atoms. The van der Waals surface area contributed by atoms with Crippen LogP contribution in [-0.4, -0.2) is 43.9 Å². The van der Waals surface area contributed by atoms with Crippen LogP contribution in [0.25, 0.3) is 0 Å². The van der Waals surface area contributed by atoms with E-state index in [9.17, 15) is 8.42 Å². The third-order valence-corrected chi connectivity index (χ3v) is 4.90. The highest BCUT2D eigenvalue weighted by atomic mass is 32.2. The van der Waals surface area contributed by atoms with E-state index in [1.54, 1.807) is 0 Å². The van der Waals surface area contributed by atoms with Crippen LogP contribution in [-0.2, 0) is 21.3 Å². The Morgan fingerprint density at radius 2 is 2.24 bits per heavy atom. The Bertz CT molecular complexity index is 562. The van der Waals surface area contributed by atoms with Gasteiger partial charge >= 0.3 is 0 Å². The largest absolute Gasteiger partial charge is 0.377 e. The Morgan fingerprint density at radius 1 is 1.48 bits per heavy atom. The molecule has 0 aromatic carbocycles. The Morgan fingerprint density at radius 3 is 2.86 bits per heavy atom. The summed E-state index contributed by atoms with van der Waals surface area (Å²) in [6.07, 6.45) is 1.85. The van der Waals surface area contributed by atoms with Crippen LogP contribution in [0.15, 0.2) is 5.03 Å². The SMILES string of the molecule is Cc1[nH]nc(S(=O)(=O)NCC2CCCO2)c1CNC(C)C. The molecule has 0 amide bonds. The summed E-state index contributed by atoms with van der Waals surface area (Å²) in [6, 6.07) is 0.273. The lowest BCUT2D eigenvalue weighted by Gasteiger charge is -2.12. The Hall–Kier alpha value is -0.960. The standard InChI is InChI=1S/C13H24N4O3S/c1-9(2)14-8-12-10(3)16-17-13(12)21(18,19)15-7-11-5-4-6-20-11/h9,11,14-15H,4-8H2,1-3H3,(H,16,17). The molecule has 1 atom stereocenters. The highest BCUT2D eigenvalue weighted by Gasteiger charge is 2.25. The van der Waals surface area contributed by atoms with Gasteiger partial charge in [0, 0.05) is 37.0 Å². The lowest BCUT2D eigenvalue weighted by molar-refractivity contribution is 0.114. The number of aromatic amines is 1. The summed E-state index contributed by atoms with van der Waals surface area (Å²) < 4.78 is 32.8. The van der Waals surface area contributed by atoms with E-state index in [1.807, 2.05) is 20.8 Å². The molecule has 120 valence electrons. The molecule has 3 N–H and O–H groups in total. The summed E-state index contributed by atoms with van der Waals surface area (Å²) in [5, 5.41) is 10.0. The van der Waals surface area contributed by atoms with Gasteiger partial charge in [0.15, 0.2) is 5.03 Å². The maximum absolute atomic E-state index is 12.4. The molecular formula is C13H24N4O3S. The fourth-order valence-corrected chi connectivity index (χ4v) is 3.50. The minimum atomic E-state index is -3.62. The molecule has 1 aliphatic rings. The minimum absolute atomic E-state index is 0.0305. The van der Waals surface area contributed by atoms with Crippen molar-refractivity contribution in [3.8, 4) is 0 Å². The van der Waals surface area contributed by atoms with E-state index in [1.165, 1.54) is 0 Å². The summed E-state index contributed by atoms with van der Waals surface area (Å²) in [7, 11) is -3.62. The second-order valence-electron chi connectivity index (χ2n) is 5.65. The summed E-state index contributed by atoms with van der Waals surface area (Å²) >= 11 is 0. The van der Waals surface area contributed by atoms with Crippen molar-refractivity contribution in [2.45, 2.75) is 57.3 Å². The molecule has 1 saturated heterocycles. The maximum Gasteiger partial charge on any atom is 0.260 e. The number of hydrogen-bond acceptors (Lipinski definition) is 5. The molecule has 2 rings (SSSR count). The molecule has 0 aliphatic carbocycles. The second kappa shape index (κ2) is 6.87. The number of aromatic nitrogens is 2. The Labute approximate surface area is 125 Å². The van der Waals surface area contributed by atoms with Crippen LogP contribution in [0.4, 0.5) is 0 Å². The molecule has 0 saturated carbocycles. The summed E-state index contributed by atoms with van der Waals surface area (Å²) in [4.78, 5) is 0. The molecule has 1 aromatic heterocycles. The van der Waals surface area contributed by atoms with Gasteiger partial charge in [-0.1, -0.05) is 13.8 Å². The van der Waals surface area contributed by atoms with Gasteiger partial charge in [-0.2, -0.15) is 5.10 Å². The van der Waals surface area contributed by atoms with Crippen molar-refractivity contribution >= 4 is 10.0 Å². The smallest absolute Gasteiger partial charge is 0.260 e. The molecule has 1 aliphatic heterocycles. The quantitative estimate of drug-likeness (QED) is 0.687. The van der Waals surface area contributed by atoms with E-state index in [0.717, 1.165) is 18.5 Å². The topological polar surface area (TPSA) is 96.1 Å². The maximum atomic E-state index is 12.4. The molecule has 2 heterocycles. The average molecular weight is 316 g/mol. The van der Waals surface area contributed by atoms with E-state index >= 15 is 0 Å². The lowest BCUT2D eigenvalue weighted by Crippen LogP contribution is -2.33. The third-order valence-electron chi connectivity index (χ3n) is 3.50. The van der Waals surface area contributed by atoms with Crippen LogP contribution in [0.5, 0.6) is 0 Å². The van der Waals surface area contributed by atoms with Crippen molar-refractivity contribution in [3.05, 3.63) is 11.3 Å². The Kier molecular flexibility index (Phi) is 5.37. The predicted molar refractivity (Wildman–Crippen MR) is 79.5 cm³/mol. The first-order chi connectivity index (χ1) is 9.90. The Balaban J connectivity index is 2.07. The van der Waals surface area contributed by atoms with Crippen LogP contribution in [0.3, 0.4) is 0 Å². The van der Waals surface area contributed by atoms with Gasteiger partial charge in [-0.3, -0.25) is 5.10 Å². The van der Waals surface area contributed by atoms with E-state index in [2.05, 4.69) is 20.2 Å². The van der Waals surface area contributed by atoms with Gasteiger partial charge in [0.2, 0.25) is 0 Å². The first kappa shape index (κ1) is 16.4. The molecule has 7 nitrogen and oxygen atoms in total. The van der Waals surface area contributed by atoms with Gasteiger partial charge in [0.05, 0.1) is 6.10 Å². The van der Waals surface area contributed by atoms with Gasteiger partial charge in [0.25, 0.3) is 10.0 Å². The first-order valence-electron chi connectivity index (χ1n) is 7.28. The summed E-state index contributed by atoms with van der Waals surface area (Å²) in [6.45, 7) is 7.32. The molecule has 1 fully saturated rings. The number of rotatable bonds is 7. The highest BCUT2D eigenvalue weighted by molar-refractivity contribution is 7.89. The highest BCUT2D eigenvalue weighted by Crippen LogP contribution is 2.17. The van der Waals surface area contributed by atoms with Crippen molar-refractivity contribution in [1.82, 2.24) is 20.2 Å². The van der Waals surface area contributed by atoms with E-state index in [4.69, 9.17) is 4.74 Å². The molecule has 1 aromatic rings. The van der Waals surface area contributed by atoms with E-state index in [-0.39, 0.29) is 17.2 Å². The number of ether oxygens (including phenoxy) is 1. The lowest BCUT2D eigenvalue weighted by atomic mass is 10.2. The summed E-state index contributed by atoms with van der Waals surface area (Å²) in [5.74, 6) is 0. The molecular weight excluding hydrogens is 292 g/mol. The molecule has 0 bridgehead atoms. The number of nitrogens with one attached hydrogen (secondary N) is 3. The van der Waals surface area contributed by atoms with Crippen LogP contribution in [0, 0.1) is 6.92 Å². The van der Waals surface area contributed by atoms with Crippen molar-refractivity contribution < 1.29 is 13.2 Å². The molecule has 1 unspecified atom stereocenters. The van der Waals surface area contributed by atoms with Crippen LogP contribution >= 0.6 is 0 Å². The number of hydrogen-bond donors (Lipinski definition) is 3. The number of nitrogens with zero attached hydrogens (tertiary/aromatic N) is 1. The normalized spacial score (nSPS) is 19.5. The van der Waals surface area contributed by atoms with Gasteiger partial charge in [0.1, 0.15) is 0 Å². The van der Waals surface area contributed by atoms with Crippen LogP contribution in [0.1, 0.15) is 37.9 Å². The molecule has 21 heavy (non-hydrogen) atoms. The molecule has 8 heteroatoms. The van der Waals surface area contributed by atoms with E-state index in [0.29, 0.717) is 25.3 Å². The molecule has 0 radical (unpaired) electrons. The van der Waals surface area contributed by atoms with Crippen LogP contribution < -0.4 is 10.0 Å². The zero-order chi connectivity index (χ0) is 15.5. The van der Waals surface area contributed by atoms with E-state index < -0.39 is 10.0 Å². The van der Waals surface area contributed by atoms with Gasteiger partial charge in [-0.15, -0.1) is 0 Å². The van der Waals surface area contributed by atoms with Crippen molar-refractivity contribution in [3.63, 3.8) is 0 Å². The average Bonchev–Trinajstić information content (AvgIpc) is 3.03. The van der Waals surface area contributed by atoms with Crippen LogP contribution in [0.2, 0.25) is 0 Å². The number of aryl methyl sites for hydroxylation is 1. The number of sulfonamides is 1. The third kappa shape index (κ3) is 4.26. The second-order valence-corrected chi connectivity index (χ2v) is 7.34.